The molecule has 2 heterocycles. The number of nitrogens with one attached hydrogen (secondary N) is 2. The van der Waals surface area contributed by atoms with Gasteiger partial charge in [-0.15, -0.1) is 0 Å². The van der Waals surface area contributed by atoms with Crippen LogP contribution >= 0.6 is 0 Å². The van der Waals surface area contributed by atoms with Crippen LogP contribution in [0.4, 0.5) is 8.78 Å². The number of nitrogens with zero attached hydrogens (tertiary/aromatic N) is 2. The topological polar surface area (TPSA) is 101 Å². The molecule has 0 bridgehead atoms. The summed E-state index contributed by atoms with van der Waals surface area (Å²) in [5, 5.41) is 0. The van der Waals surface area contributed by atoms with Crippen LogP contribution in [0.3, 0.4) is 0 Å². The summed E-state index contributed by atoms with van der Waals surface area (Å²) in [6.45, 7) is 0. The molecular formula is C9H12F2N6. The maximum Gasteiger partial charge on any atom is 0.280 e. The fourth-order valence-corrected chi connectivity index (χ4v) is 1.56. The van der Waals surface area contributed by atoms with Crippen molar-refractivity contribution in [3.05, 3.63) is 29.6 Å². The third-order valence-electron chi connectivity index (χ3n) is 2.27. The van der Waals surface area contributed by atoms with Gasteiger partial charge in [0, 0.05) is 12.6 Å². The van der Waals surface area contributed by atoms with Gasteiger partial charge in [0.05, 0.1) is 0 Å². The first-order valence-electron chi connectivity index (χ1n) is 4.89. The minimum Gasteiger partial charge on any atom is -0.369 e. The Bertz CT molecular complexity index is 449. The van der Waals surface area contributed by atoms with Crippen molar-refractivity contribution in [2.75, 3.05) is 0 Å². The van der Waals surface area contributed by atoms with Gasteiger partial charge in [-0.3, -0.25) is 16.1 Å². The maximum atomic E-state index is 12.4. The molecule has 6 N–H and O–H groups in total. The monoisotopic (exact) mass is 242 g/mol. The number of alkyl halides is 2. The van der Waals surface area contributed by atoms with Gasteiger partial charge < -0.3 is 5.73 Å². The number of nitrogens with two attached hydrogens (primary N) is 2. The number of guanidine groups is 1. The van der Waals surface area contributed by atoms with Crippen molar-refractivity contribution in [3.63, 3.8) is 0 Å². The van der Waals surface area contributed by atoms with Crippen LogP contribution in [0.15, 0.2) is 23.3 Å². The van der Waals surface area contributed by atoms with Gasteiger partial charge in [0.25, 0.3) is 6.43 Å². The Hall–Kier alpha value is -1.80. The molecular weight excluding hydrogens is 230 g/mol. The molecule has 0 saturated carbocycles. The normalized spacial score (nSPS) is 23.6. The largest absolute Gasteiger partial charge is 0.369 e. The highest BCUT2D eigenvalue weighted by Gasteiger charge is 2.29. The average Bonchev–Trinajstić information content (AvgIpc) is 2.58. The van der Waals surface area contributed by atoms with Crippen molar-refractivity contribution in [3.8, 4) is 0 Å². The van der Waals surface area contributed by atoms with Gasteiger partial charge in [0.1, 0.15) is 5.69 Å². The smallest absolute Gasteiger partial charge is 0.280 e. The van der Waals surface area contributed by atoms with Crippen molar-refractivity contribution in [2.45, 2.75) is 18.6 Å². The molecule has 1 aromatic rings. The standard InChI is InChI=1S/C9H12F2N6/c10-7(11)6-3-5(1-2-14-6)4-9(13)15-8(12)16-17-9/h1-3,7,17H,4,13H2,(H3,12,15,16). The molecule has 92 valence electrons. The summed E-state index contributed by atoms with van der Waals surface area (Å²) < 4.78 is 24.9. The van der Waals surface area contributed by atoms with Crippen LogP contribution in [0.2, 0.25) is 0 Å². The van der Waals surface area contributed by atoms with E-state index in [1.54, 1.807) is 6.07 Å². The van der Waals surface area contributed by atoms with Gasteiger partial charge in [-0.25, -0.2) is 13.8 Å². The van der Waals surface area contributed by atoms with Crippen LogP contribution in [0.5, 0.6) is 0 Å². The molecule has 0 saturated heterocycles. The molecule has 2 rings (SSSR count). The molecule has 0 aromatic carbocycles. The Morgan fingerprint density at radius 1 is 1.47 bits per heavy atom. The third-order valence-corrected chi connectivity index (χ3v) is 2.27. The molecule has 0 fully saturated rings. The zero-order valence-corrected chi connectivity index (χ0v) is 8.82. The fourth-order valence-electron chi connectivity index (χ4n) is 1.56. The van der Waals surface area contributed by atoms with Gasteiger partial charge in [-0.05, 0) is 17.7 Å². The highest BCUT2D eigenvalue weighted by Crippen LogP contribution is 2.19. The first kappa shape index (κ1) is 11.7. The van der Waals surface area contributed by atoms with E-state index in [2.05, 4.69) is 20.8 Å². The van der Waals surface area contributed by atoms with Crippen LogP contribution in [0, 0.1) is 0 Å². The Labute approximate surface area is 96.1 Å². The lowest BCUT2D eigenvalue weighted by atomic mass is 10.1. The van der Waals surface area contributed by atoms with Crippen LogP contribution < -0.4 is 22.3 Å². The molecule has 0 aliphatic carbocycles. The van der Waals surface area contributed by atoms with Gasteiger partial charge in [-0.1, -0.05) is 0 Å². The first-order valence-corrected chi connectivity index (χ1v) is 4.89. The van der Waals surface area contributed by atoms with E-state index in [4.69, 9.17) is 11.5 Å². The number of hydrazine groups is 1. The molecule has 1 unspecified atom stereocenters. The molecule has 8 heteroatoms. The van der Waals surface area contributed by atoms with E-state index in [0.29, 0.717) is 5.56 Å². The summed E-state index contributed by atoms with van der Waals surface area (Å²) in [6.07, 6.45) is -1.06. The SMILES string of the molecule is NC1=NC(N)(Cc2ccnc(C(F)F)c2)NN1. The van der Waals surface area contributed by atoms with Crippen molar-refractivity contribution in [1.29, 1.82) is 0 Å². The van der Waals surface area contributed by atoms with E-state index < -0.39 is 12.2 Å². The molecule has 1 aliphatic rings. The van der Waals surface area contributed by atoms with Crippen molar-refractivity contribution in [1.82, 2.24) is 15.8 Å². The number of hydrogen-bond acceptors (Lipinski definition) is 6. The second-order valence-corrected chi connectivity index (χ2v) is 3.74. The predicted molar refractivity (Wildman–Crippen MR) is 57.7 cm³/mol. The van der Waals surface area contributed by atoms with E-state index in [1.807, 2.05) is 0 Å². The molecule has 1 aliphatic heterocycles. The van der Waals surface area contributed by atoms with E-state index in [0.717, 1.165) is 0 Å². The van der Waals surface area contributed by atoms with E-state index in [1.165, 1.54) is 12.3 Å². The summed E-state index contributed by atoms with van der Waals surface area (Å²) in [6, 6.07) is 2.90. The Kier molecular flexibility index (Phi) is 2.90. The molecule has 0 amide bonds. The van der Waals surface area contributed by atoms with Gasteiger partial charge in [-0.2, -0.15) is 5.43 Å². The fraction of sp³-hybridized carbons (Fsp3) is 0.333. The van der Waals surface area contributed by atoms with Crippen molar-refractivity contribution >= 4 is 5.96 Å². The van der Waals surface area contributed by atoms with E-state index in [9.17, 15) is 8.78 Å². The molecule has 0 spiro atoms. The van der Waals surface area contributed by atoms with Crippen molar-refractivity contribution in [2.24, 2.45) is 16.5 Å². The van der Waals surface area contributed by atoms with Crippen LogP contribution in [-0.2, 0) is 6.42 Å². The van der Waals surface area contributed by atoms with Crippen LogP contribution in [0.1, 0.15) is 17.7 Å². The Balaban J connectivity index is 2.16. The summed E-state index contributed by atoms with van der Waals surface area (Å²) >= 11 is 0. The minimum absolute atomic E-state index is 0.163. The second kappa shape index (κ2) is 4.22. The zero-order chi connectivity index (χ0) is 12.5. The third kappa shape index (κ3) is 2.66. The number of hydrogen-bond donors (Lipinski definition) is 4. The number of aromatic nitrogens is 1. The Morgan fingerprint density at radius 2 is 2.24 bits per heavy atom. The molecule has 17 heavy (non-hydrogen) atoms. The summed E-state index contributed by atoms with van der Waals surface area (Å²) in [7, 11) is 0. The van der Waals surface area contributed by atoms with Gasteiger partial charge in [0.2, 0.25) is 5.96 Å². The van der Waals surface area contributed by atoms with Crippen LogP contribution in [-0.4, -0.2) is 16.7 Å². The lowest BCUT2D eigenvalue weighted by molar-refractivity contribution is 0.146. The summed E-state index contributed by atoms with van der Waals surface area (Å²) in [5.41, 5.74) is 16.8. The number of rotatable bonds is 3. The Morgan fingerprint density at radius 3 is 2.82 bits per heavy atom. The van der Waals surface area contributed by atoms with E-state index in [-0.39, 0.29) is 18.1 Å². The molecule has 6 nitrogen and oxygen atoms in total. The summed E-state index contributed by atoms with van der Waals surface area (Å²) in [5.74, 6) is -0.958. The summed E-state index contributed by atoms with van der Waals surface area (Å²) in [4.78, 5) is 7.50. The van der Waals surface area contributed by atoms with Crippen LogP contribution in [0.25, 0.3) is 0 Å². The predicted octanol–water partition coefficient (Wildman–Crippen LogP) is -0.403. The second-order valence-electron chi connectivity index (χ2n) is 3.74. The van der Waals surface area contributed by atoms with E-state index >= 15 is 0 Å². The highest BCUT2D eigenvalue weighted by atomic mass is 19.3. The number of aliphatic imine (C=N–C) groups is 1. The van der Waals surface area contributed by atoms with Gasteiger partial charge >= 0.3 is 0 Å². The average molecular weight is 242 g/mol. The molecule has 1 aromatic heterocycles. The zero-order valence-electron chi connectivity index (χ0n) is 8.82. The van der Waals surface area contributed by atoms with Crippen molar-refractivity contribution < 1.29 is 8.78 Å². The van der Waals surface area contributed by atoms with Gasteiger partial charge in [0.15, 0.2) is 5.79 Å². The number of halogens is 2. The minimum atomic E-state index is -2.60. The lowest BCUT2D eigenvalue weighted by Crippen LogP contribution is -2.54. The lowest BCUT2D eigenvalue weighted by Gasteiger charge is -2.20. The quantitative estimate of drug-likeness (QED) is 0.577. The molecule has 1 atom stereocenters. The maximum absolute atomic E-state index is 12.4. The number of pyridine rings is 1. The first-order chi connectivity index (χ1) is 7.98. The highest BCUT2D eigenvalue weighted by molar-refractivity contribution is 5.79. The molecule has 0 radical (unpaired) electrons.